The summed E-state index contributed by atoms with van der Waals surface area (Å²) >= 11 is 0. The first-order valence-corrected chi connectivity index (χ1v) is 26.7. The summed E-state index contributed by atoms with van der Waals surface area (Å²) in [6.07, 6.45) is 82.0. The average Bonchev–Trinajstić information content (AvgIpc) is 3.35. The van der Waals surface area contributed by atoms with Gasteiger partial charge in [0.2, 0.25) is 0 Å². The number of unbranched alkanes of at least 4 members (excludes halogenated alkanes) is 10. The fraction of sp³-hybridized carbons (Fsp3) is 0.508. The fourth-order valence-electron chi connectivity index (χ4n) is 6.43. The Balaban J connectivity index is 4.59. The van der Waals surface area contributed by atoms with Crippen LogP contribution in [0.2, 0.25) is 0 Å². The van der Waals surface area contributed by atoms with E-state index in [2.05, 4.69) is 136 Å². The highest BCUT2D eigenvalue weighted by Gasteiger charge is 2.19. The van der Waals surface area contributed by atoms with Gasteiger partial charge in [0, 0.05) is 19.3 Å². The van der Waals surface area contributed by atoms with E-state index in [4.69, 9.17) is 14.2 Å². The maximum atomic E-state index is 12.8. The first-order chi connectivity index (χ1) is 34.0. The number of hydrogen-bond acceptors (Lipinski definition) is 6. The highest BCUT2D eigenvalue weighted by Crippen LogP contribution is 2.12. The Kier molecular flexibility index (Phi) is 51.2. The molecule has 0 aromatic carbocycles. The monoisotopic (exact) mass is 947 g/mol. The molecule has 0 spiro atoms. The average molecular weight is 947 g/mol. The molecule has 0 aromatic rings. The summed E-state index contributed by atoms with van der Waals surface area (Å²) in [7, 11) is 0. The van der Waals surface area contributed by atoms with Crippen LogP contribution in [0.1, 0.15) is 188 Å². The maximum absolute atomic E-state index is 12.8. The first-order valence-electron chi connectivity index (χ1n) is 26.7. The minimum atomic E-state index is -0.838. The predicted molar refractivity (Wildman–Crippen MR) is 297 cm³/mol. The molecule has 0 saturated carbocycles. The normalized spacial score (nSPS) is 13.5. The second-order valence-electron chi connectivity index (χ2n) is 16.8. The van der Waals surface area contributed by atoms with Gasteiger partial charge in [-0.2, -0.15) is 0 Å². The largest absolute Gasteiger partial charge is 0.462 e. The van der Waals surface area contributed by atoms with Crippen molar-refractivity contribution in [2.24, 2.45) is 0 Å². The third-order valence-electron chi connectivity index (χ3n) is 10.3. The fourth-order valence-corrected chi connectivity index (χ4v) is 6.43. The molecule has 0 aromatic heterocycles. The Morgan fingerprint density at radius 1 is 0.304 bits per heavy atom. The van der Waals surface area contributed by atoms with Crippen LogP contribution in [0.15, 0.2) is 170 Å². The van der Waals surface area contributed by atoms with Crippen molar-refractivity contribution in [2.75, 3.05) is 13.2 Å². The number of carbonyl (C=O) groups excluding carboxylic acids is 3. The van der Waals surface area contributed by atoms with E-state index in [1.54, 1.807) is 0 Å². The van der Waals surface area contributed by atoms with E-state index in [0.717, 1.165) is 128 Å². The Hall–Kier alpha value is -5.23. The summed E-state index contributed by atoms with van der Waals surface area (Å²) in [5.74, 6) is -1.07. The van der Waals surface area contributed by atoms with Gasteiger partial charge in [-0.15, -0.1) is 0 Å². The van der Waals surface area contributed by atoms with E-state index >= 15 is 0 Å². The van der Waals surface area contributed by atoms with Crippen LogP contribution in [-0.4, -0.2) is 37.2 Å². The van der Waals surface area contributed by atoms with Crippen LogP contribution in [-0.2, 0) is 28.6 Å². The smallest absolute Gasteiger partial charge is 0.306 e. The van der Waals surface area contributed by atoms with Crippen molar-refractivity contribution >= 4 is 17.9 Å². The highest BCUT2D eigenvalue weighted by molar-refractivity contribution is 5.71. The maximum Gasteiger partial charge on any atom is 0.306 e. The van der Waals surface area contributed by atoms with E-state index in [0.29, 0.717) is 12.8 Å². The molecule has 0 aliphatic carbocycles. The van der Waals surface area contributed by atoms with Crippen LogP contribution in [0.25, 0.3) is 0 Å². The van der Waals surface area contributed by atoms with Gasteiger partial charge in [-0.1, -0.05) is 223 Å². The molecule has 0 radical (unpaired) electrons. The van der Waals surface area contributed by atoms with Gasteiger partial charge in [0.05, 0.1) is 0 Å². The summed E-state index contributed by atoms with van der Waals surface area (Å²) in [6.45, 7) is 6.13. The molecule has 0 fully saturated rings. The van der Waals surface area contributed by atoms with Crippen molar-refractivity contribution in [2.45, 2.75) is 194 Å². The zero-order valence-electron chi connectivity index (χ0n) is 43.5. The van der Waals surface area contributed by atoms with Crippen molar-refractivity contribution in [1.82, 2.24) is 0 Å². The number of carbonyl (C=O) groups is 3. The Morgan fingerprint density at radius 2 is 0.609 bits per heavy atom. The molecular formula is C63H94O6. The Labute approximate surface area is 422 Å². The minimum Gasteiger partial charge on any atom is -0.462 e. The number of ether oxygens (including phenoxy) is 3. The van der Waals surface area contributed by atoms with Crippen LogP contribution in [0, 0.1) is 0 Å². The second-order valence-corrected chi connectivity index (χ2v) is 16.8. The van der Waals surface area contributed by atoms with Crippen LogP contribution < -0.4 is 0 Å². The van der Waals surface area contributed by atoms with E-state index < -0.39 is 6.10 Å². The molecule has 6 heteroatoms. The lowest BCUT2D eigenvalue weighted by atomic mass is 10.1. The Bertz CT molecular complexity index is 1650. The van der Waals surface area contributed by atoms with Crippen LogP contribution >= 0.6 is 0 Å². The van der Waals surface area contributed by atoms with Gasteiger partial charge in [-0.05, 0) is 116 Å². The molecule has 0 heterocycles. The lowest BCUT2D eigenvalue weighted by Gasteiger charge is -2.18. The predicted octanol–water partition coefficient (Wildman–Crippen LogP) is 18.0. The summed E-state index contributed by atoms with van der Waals surface area (Å²) in [5.41, 5.74) is 0. The molecule has 0 saturated heterocycles. The second kappa shape index (κ2) is 55.4. The molecule has 6 nitrogen and oxygen atoms in total. The van der Waals surface area contributed by atoms with Gasteiger partial charge in [0.25, 0.3) is 0 Å². The molecule has 382 valence electrons. The molecule has 0 rings (SSSR count). The van der Waals surface area contributed by atoms with Gasteiger partial charge in [0.15, 0.2) is 6.10 Å². The van der Waals surface area contributed by atoms with Gasteiger partial charge in [0.1, 0.15) is 13.2 Å². The van der Waals surface area contributed by atoms with Crippen molar-refractivity contribution in [3.05, 3.63) is 170 Å². The van der Waals surface area contributed by atoms with Gasteiger partial charge >= 0.3 is 17.9 Å². The third kappa shape index (κ3) is 53.6. The first kappa shape index (κ1) is 63.8. The van der Waals surface area contributed by atoms with E-state index in [1.165, 1.54) is 12.8 Å². The van der Waals surface area contributed by atoms with E-state index in [1.807, 2.05) is 54.7 Å². The number of rotatable bonds is 45. The van der Waals surface area contributed by atoms with E-state index in [-0.39, 0.29) is 44.0 Å². The zero-order valence-corrected chi connectivity index (χ0v) is 43.5. The quantitative estimate of drug-likeness (QED) is 0.0199. The summed E-state index contributed by atoms with van der Waals surface area (Å²) in [6, 6.07) is 0. The third-order valence-corrected chi connectivity index (χ3v) is 10.3. The standard InChI is InChI=1S/C63H94O6/c1-4-7-10-13-16-19-22-25-27-29-31-33-35-38-41-44-47-50-53-56-62(65)68-59-60(58-67-61(64)55-52-49-46-43-40-37-24-21-18-15-12-9-6-3)69-63(66)57-54-51-48-45-42-39-36-34-32-30-28-26-23-20-17-14-11-8-5-2/h7-12,15-21,24-28,31-34,37-38,40-41,43,46,60H,4-6,13-14,22-23,29-30,35-36,39,42,44-45,47-59H2,1-3H3/b10-7-,11-8-,12-9-,18-15-,19-16-,20-17-,24-21-,27-25-,28-26-,33-31-,34-32-,40-37-,41-38-,46-43-. The summed E-state index contributed by atoms with van der Waals surface area (Å²) in [4.78, 5) is 38.0. The van der Waals surface area contributed by atoms with Crippen molar-refractivity contribution in [1.29, 1.82) is 0 Å². The molecule has 1 atom stereocenters. The topological polar surface area (TPSA) is 78.9 Å². The van der Waals surface area contributed by atoms with Crippen molar-refractivity contribution in [3.63, 3.8) is 0 Å². The lowest BCUT2D eigenvalue weighted by molar-refractivity contribution is -0.167. The van der Waals surface area contributed by atoms with Crippen LogP contribution in [0.5, 0.6) is 0 Å². The zero-order chi connectivity index (χ0) is 50.0. The van der Waals surface area contributed by atoms with Crippen LogP contribution in [0.3, 0.4) is 0 Å². The number of hydrogen-bond donors (Lipinski definition) is 0. The summed E-state index contributed by atoms with van der Waals surface area (Å²) in [5, 5.41) is 0. The van der Waals surface area contributed by atoms with E-state index in [9.17, 15) is 14.4 Å². The molecular weight excluding hydrogens is 853 g/mol. The molecule has 0 amide bonds. The molecule has 69 heavy (non-hydrogen) atoms. The number of allylic oxidation sites excluding steroid dienone is 28. The molecule has 0 N–H and O–H groups in total. The summed E-state index contributed by atoms with van der Waals surface area (Å²) < 4.78 is 16.7. The van der Waals surface area contributed by atoms with Gasteiger partial charge in [-0.25, -0.2) is 0 Å². The van der Waals surface area contributed by atoms with Gasteiger partial charge < -0.3 is 14.2 Å². The Morgan fingerprint density at radius 3 is 1.04 bits per heavy atom. The molecule has 0 aliphatic rings. The molecule has 0 bridgehead atoms. The molecule has 0 aliphatic heterocycles. The number of esters is 3. The highest BCUT2D eigenvalue weighted by atomic mass is 16.6. The molecule has 1 unspecified atom stereocenters. The van der Waals surface area contributed by atoms with Crippen molar-refractivity contribution < 1.29 is 28.6 Å². The SMILES string of the molecule is CC\C=C/C=C\C=C/C=C\C=C/CCCC(=O)OCC(COC(=O)CCCCC/C=C\C/C=C\C/C=C\C/C=C\C/C=C\CC)OC(=O)CCCCCCCC/C=C\C/C=C\C/C=C\C/C=C\CC. The van der Waals surface area contributed by atoms with Crippen molar-refractivity contribution in [3.8, 4) is 0 Å². The minimum absolute atomic E-state index is 0.133. The lowest BCUT2D eigenvalue weighted by Crippen LogP contribution is -2.30. The van der Waals surface area contributed by atoms with Gasteiger partial charge in [-0.3, -0.25) is 14.4 Å². The van der Waals surface area contributed by atoms with Crippen LogP contribution in [0.4, 0.5) is 0 Å².